The van der Waals surface area contributed by atoms with E-state index in [2.05, 4.69) is 35.6 Å². The molecule has 1 amide bonds. The maximum Gasteiger partial charge on any atom is 0.277 e. The number of pyridine rings is 2. The SMILES string of the molecule is CN=C(CC(=N)c1ccccn1)NC(=O)c1nc(C2CC2)ccc1Nc1cncnc1. The molecule has 1 saturated carbocycles. The van der Waals surface area contributed by atoms with E-state index in [1.807, 2.05) is 18.2 Å². The third-order valence-corrected chi connectivity index (χ3v) is 4.81. The Hall–Kier alpha value is -4.01. The molecule has 0 bridgehead atoms. The van der Waals surface area contributed by atoms with Crippen LogP contribution in [0.5, 0.6) is 0 Å². The molecule has 3 aromatic rings. The van der Waals surface area contributed by atoms with Crippen molar-refractivity contribution < 1.29 is 4.79 Å². The summed E-state index contributed by atoms with van der Waals surface area (Å²) >= 11 is 0. The van der Waals surface area contributed by atoms with E-state index in [0.717, 1.165) is 18.5 Å². The predicted molar refractivity (Wildman–Crippen MR) is 118 cm³/mol. The molecule has 0 radical (unpaired) electrons. The molecule has 1 aliphatic rings. The van der Waals surface area contributed by atoms with Crippen LogP contribution in [0.25, 0.3) is 0 Å². The van der Waals surface area contributed by atoms with E-state index in [-0.39, 0.29) is 17.8 Å². The first-order chi connectivity index (χ1) is 15.1. The molecular formula is C22H22N8O. The van der Waals surface area contributed by atoms with Gasteiger partial charge in [0.15, 0.2) is 5.69 Å². The zero-order valence-electron chi connectivity index (χ0n) is 17.0. The van der Waals surface area contributed by atoms with Crippen LogP contribution in [-0.2, 0) is 0 Å². The highest BCUT2D eigenvalue weighted by atomic mass is 16.2. The number of amidine groups is 1. The van der Waals surface area contributed by atoms with Crippen molar-refractivity contribution in [2.45, 2.75) is 25.2 Å². The number of amides is 1. The molecule has 3 heterocycles. The minimum atomic E-state index is -0.392. The minimum Gasteiger partial charge on any atom is -0.351 e. The lowest BCUT2D eigenvalue weighted by Crippen LogP contribution is -2.33. The summed E-state index contributed by atoms with van der Waals surface area (Å²) in [4.78, 5) is 34.1. The van der Waals surface area contributed by atoms with E-state index in [9.17, 15) is 4.79 Å². The summed E-state index contributed by atoms with van der Waals surface area (Å²) in [5.74, 6) is 0.377. The van der Waals surface area contributed by atoms with Gasteiger partial charge in [-0.3, -0.25) is 14.8 Å². The summed E-state index contributed by atoms with van der Waals surface area (Å²) in [5.41, 5.74) is 3.17. The van der Waals surface area contributed by atoms with E-state index >= 15 is 0 Å². The summed E-state index contributed by atoms with van der Waals surface area (Å²) < 4.78 is 0. The van der Waals surface area contributed by atoms with Gasteiger partial charge in [0.05, 0.1) is 35.2 Å². The fraction of sp³-hybridized carbons (Fsp3) is 0.227. The van der Waals surface area contributed by atoms with Crippen LogP contribution in [0.1, 0.15) is 47.1 Å². The highest BCUT2D eigenvalue weighted by Crippen LogP contribution is 2.39. The molecule has 0 saturated heterocycles. The van der Waals surface area contributed by atoms with Gasteiger partial charge in [-0.1, -0.05) is 6.07 Å². The van der Waals surface area contributed by atoms with Gasteiger partial charge in [-0.15, -0.1) is 0 Å². The predicted octanol–water partition coefficient (Wildman–Crippen LogP) is 3.10. The quantitative estimate of drug-likeness (QED) is 0.402. The van der Waals surface area contributed by atoms with Crippen molar-refractivity contribution in [2.24, 2.45) is 4.99 Å². The van der Waals surface area contributed by atoms with Crippen molar-refractivity contribution in [3.63, 3.8) is 0 Å². The minimum absolute atomic E-state index is 0.150. The molecule has 0 unspecified atom stereocenters. The molecule has 0 spiro atoms. The van der Waals surface area contributed by atoms with Crippen LogP contribution in [-0.4, -0.2) is 44.4 Å². The van der Waals surface area contributed by atoms with Crippen LogP contribution in [0.3, 0.4) is 0 Å². The topological polar surface area (TPSA) is 129 Å². The molecule has 9 heteroatoms. The Morgan fingerprint density at radius 2 is 2.00 bits per heavy atom. The molecule has 156 valence electrons. The number of aliphatic imine (C=N–C) groups is 1. The summed E-state index contributed by atoms with van der Waals surface area (Å²) in [6, 6.07) is 9.14. The largest absolute Gasteiger partial charge is 0.351 e. The molecule has 3 aromatic heterocycles. The first kappa shape index (κ1) is 20.3. The molecule has 0 atom stereocenters. The number of aromatic nitrogens is 4. The second-order valence-corrected chi connectivity index (χ2v) is 7.15. The lowest BCUT2D eigenvalue weighted by atomic mass is 10.1. The number of nitrogens with zero attached hydrogens (tertiary/aromatic N) is 5. The Morgan fingerprint density at radius 1 is 1.19 bits per heavy atom. The number of anilines is 2. The van der Waals surface area contributed by atoms with Gasteiger partial charge in [0.2, 0.25) is 0 Å². The van der Waals surface area contributed by atoms with E-state index in [4.69, 9.17) is 5.41 Å². The third kappa shape index (κ3) is 5.13. The Kier molecular flexibility index (Phi) is 6.02. The van der Waals surface area contributed by atoms with Crippen molar-refractivity contribution in [3.8, 4) is 0 Å². The first-order valence-corrected chi connectivity index (χ1v) is 9.93. The fourth-order valence-electron chi connectivity index (χ4n) is 3.04. The summed E-state index contributed by atoms with van der Waals surface area (Å²) in [6.07, 6.45) is 8.62. The Labute approximate surface area is 179 Å². The zero-order valence-corrected chi connectivity index (χ0v) is 17.0. The second kappa shape index (κ2) is 9.21. The van der Waals surface area contributed by atoms with Gasteiger partial charge in [0.25, 0.3) is 5.91 Å². The maximum absolute atomic E-state index is 13.1. The van der Waals surface area contributed by atoms with Crippen LogP contribution in [0.2, 0.25) is 0 Å². The highest BCUT2D eigenvalue weighted by molar-refractivity contribution is 6.15. The molecule has 0 aliphatic heterocycles. The van der Waals surface area contributed by atoms with Crippen molar-refractivity contribution in [1.82, 2.24) is 25.3 Å². The number of hydrogen-bond donors (Lipinski definition) is 3. The molecule has 4 rings (SSSR count). The molecule has 9 nitrogen and oxygen atoms in total. The van der Waals surface area contributed by atoms with Crippen molar-refractivity contribution in [2.75, 3.05) is 12.4 Å². The third-order valence-electron chi connectivity index (χ3n) is 4.81. The molecule has 1 fully saturated rings. The molecule has 1 aliphatic carbocycles. The van der Waals surface area contributed by atoms with Crippen LogP contribution in [0.4, 0.5) is 11.4 Å². The van der Waals surface area contributed by atoms with Crippen molar-refractivity contribution in [3.05, 3.63) is 72.3 Å². The van der Waals surface area contributed by atoms with Gasteiger partial charge in [0, 0.05) is 31.3 Å². The highest BCUT2D eigenvalue weighted by Gasteiger charge is 2.27. The van der Waals surface area contributed by atoms with Gasteiger partial charge < -0.3 is 16.0 Å². The summed E-state index contributed by atoms with van der Waals surface area (Å²) in [7, 11) is 1.58. The van der Waals surface area contributed by atoms with Crippen LogP contribution in [0.15, 0.2) is 60.2 Å². The lowest BCUT2D eigenvalue weighted by Gasteiger charge is -2.14. The van der Waals surface area contributed by atoms with Gasteiger partial charge in [-0.25, -0.2) is 15.0 Å². The number of rotatable bonds is 7. The van der Waals surface area contributed by atoms with E-state index in [0.29, 0.717) is 28.8 Å². The monoisotopic (exact) mass is 414 g/mol. The molecule has 3 N–H and O–H groups in total. The number of hydrogen-bond acceptors (Lipinski definition) is 8. The standard InChI is InChI=1S/C22H22N8O/c1-24-20(10-16(23)18-4-2-3-9-27-18)30-22(31)21-19(28-15-11-25-13-26-12-15)8-7-17(29-21)14-5-6-14/h2-4,7-9,11-14,23,28H,5-6,10H2,1H3,(H,24,30,31). The van der Waals surface area contributed by atoms with Crippen LogP contribution >= 0.6 is 0 Å². The van der Waals surface area contributed by atoms with Gasteiger partial charge in [-0.2, -0.15) is 0 Å². The fourth-order valence-corrected chi connectivity index (χ4v) is 3.04. The Morgan fingerprint density at radius 3 is 2.68 bits per heavy atom. The lowest BCUT2D eigenvalue weighted by molar-refractivity contribution is 0.0972. The van der Waals surface area contributed by atoms with E-state index in [1.165, 1.54) is 6.33 Å². The van der Waals surface area contributed by atoms with Gasteiger partial charge >= 0.3 is 0 Å². The average Bonchev–Trinajstić information content (AvgIpc) is 3.65. The normalized spacial score (nSPS) is 13.5. The smallest absolute Gasteiger partial charge is 0.277 e. The van der Waals surface area contributed by atoms with Crippen LogP contribution < -0.4 is 10.6 Å². The first-order valence-electron chi connectivity index (χ1n) is 9.93. The summed E-state index contributed by atoms with van der Waals surface area (Å²) in [5, 5.41) is 14.2. The second-order valence-electron chi connectivity index (χ2n) is 7.15. The molecule has 0 aromatic carbocycles. The van der Waals surface area contributed by atoms with E-state index < -0.39 is 5.91 Å². The molecule has 31 heavy (non-hydrogen) atoms. The molecular weight excluding hydrogens is 392 g/mol. The summed E-state index contributed by atoms with van der Waals surface area (Å²) in [6.45, 7) is 0. The maximum atomic E-state index is 13.1. The number of carbonyl (C=O) groups is 1. The average molecular weight is 414 g/mol. The van der Waals surface area contributed by atoms with Crippen LogP contribution in [0, 0.1) is 5.41 Å². The van der Waals surface area contributed by atoms with E-state index in [1.54, 1.807) is 37.8 Å². The van der Waals surface area contributed by atoms with Crippen molar-refractivity contribution in [1.29, 1.82) is 5.41 Å². The zero-order chi connectivity index (χ0) is 21.6. The van der Waals surface area contributed by atoms with Crippen molar-refractivity contribution >= 4 is 28.8 Å². The Balaban J connectivity index is 1.54. The number of carbonyl (C=O) groups excluding carboxylic acids is 1. The number of nitrogens with one attached hydrogen (secondary N) is 3. The Bertz CT molecular complexity index is 1110. The van der Waals surface area contributed by atoms with Gasteiger partial charge in [0.1, 0.15) is 12.2 Å². The van der Waals surface area contributed by atoms with Gasteiger partial charge in [-0.05, 0) is 37.1 Å².